The van der Waals surface area contributed by atoms with Crippen molar-refractivity contribution in [3.05, 3.63) is 0 Å². The molecule has 124 valence electrons. The molecule has 5 N–H and O–H groups in total. The first-order valence-electron chi connectivity index (χ1n) is 6.32. The third kappa shape index (κ3) is 11.8. The zero-order chi connectivity index (χ0) is 16.8. The van der Waals surface area contributed by atoms with Crippen LogP contribution in [-0.2, 0) is 19.1 Å². The van der Waals surface area contributed by atoms with Gasteiger partial charge in [-0.25, -0.2) is 4.79 Å². The summed E-state index contributed by atoms with van der Waals surface area (Å²) >= 11 is 0. The summed E-state index contributed by atoms with van der Waals surface area (Å²) in [5.74, 6) is -5.95. The molecule has 9 nitrogen and oxygen atoms in total. The first-order chi connectivity index (χ1) is 9.81. The molecule has 0 heterocycles. The molecule has 0 saturated heterocycles. The van der Waals surface area contributed by atoms with E-state index in [2.05, 4.69) is 4.74 Å². The molecule has 2 unspecified atom stereocenters. The molecule has 0 fully saturated rings. The van der Waals surface area contributed by atoms with Crippen molar-refractivity contribution in [3.8, 4) is 0 Å². The predicted octanol–water partition coefficient (Wildman–Crippen LogP) is -0.597. The van der Waals surface area contributed by atoms with E-state index < -0.39 is 36.4 Å². The van der Waals surface area contributed by atoms with Crippen molar-refractivity contribution in [2.45, 2.75) is 32.3 Å². The van der Waals surface area contributed by atoms with E-state index in [0.717, 1.165) is 12.8 Å². The van der Waals surface area contributed by atoms with Crippen molar-refractivity contribution in [1.82, 2.24) is 0 Å². The number of aliphatic hydroxyl groups is 2. The van der Waals surface area contributed by atoms with Gasteiger partial charge in [0, 0.05) is 19.8 Å². The van der Waals surface area contributed by atoms with Crippen LogP contribution in [0.15, 0.2) is 0 Å². The number of aliphatic carboxylic acids is 3. The van der Waals surface area contributed by atoms with Gasteiger partial charge in [-0.3, -0.25) is 9.59 Å². The molecule has 0 aromatic heterocycles. The highest BCUT2D eigenvalue weighted by molar-refractivity contribution is 5.85. The maximum absolute atomic E-state index is 10.6. The van der Waals surface area contributed by atoms with E-state index in [9.17, 15) is 14.4 Å². The number of hydrogen-bond donors (Lipinski definition) is 5. The average Bonchev–Trinajstić information content (AvgIpc) is 2.40. The Morgan fingerprint density at radius 3 is 1.67 bits per heavy atom. The van der Waals surface area contributed by atoms with Gasteiger partial charge in [0.1, 0.15) is 5.92 Å². The summed E-state index contributed by atoms with van der Waals surface area (Å²) in [6.07, 6.45) is -0.983. The quantitative estimate of drug-likeness (QED) is 0.332. The minimum atomic E-state index is -1.64. The molecule has 0 aliphatic rings. The van der Waals surface area contributed by atoms with Gasteiger partial charge in [0.15, 0.2) is 6.10 Å². The monoisotopic (exact) mass is 310 g/mol. The Labute approximate surface area is 121 Å². The topological polar surface area (TPSA) is 162 Å². The van der Waals surface area contributed by atoms with Gasteiger partial charge in [-0.15, -0.1) is 0 Å². The fraction of sp³-hybridized carbons (Fsp3) is 0.750. The van der Waals surface area contributed by atoms with Gasteiger partial charge in [-0.2, -0.15) is 0 Å². The third-order valence-electron chi connectivity index (χ3n) is 2.23. The van der Waals surface area contributed by atoms with Gasteiger partial charge in [-0.1, -0.05) is 0 Å². The SMILES string of the molecule is CCOC(C(=O)O)C(CC(=O)O)C(=O)O.OCCCCO. The summed E-state index contributed by atoms with van der Waals surface area (Å²) in [6, 6.07) is 0. The molecule has 0 amide bonds. The van der Waals surface area contributed by atoms with E-state index >= 15 is 0 Å². The Morgan fingerprint density at radius 2 is 1.43 bits per heavy atom. The minimum Gasteiger partial charge on any atom is -0.481 e. The summed E-state index contributed by atoms with van der Waals surface area (Å²) in [4.78, 5) is 31.6. The number of hydrogen-bond acceptors (Lipinski definition) is 6. The third-order valence-corrected chi connectivity index (χ3v) is 2.23. The van der Waals surface area contributed by atoms with Gasteiger partial charge in [0.05, 0.1) is 6.42 Å². The lowest BCUT2D eigenvalue weighted by molar-refractivity contribution is -0.166. The van der Waals surface area contributed by atoms with Gasteiger partial charge in [-0.05, 0) is 19.8 Å². The highest BCUT2D eigenvalue weighted by Crippen LogP contribution is 2.14. The smallest absolute Gasteiger partial charge is 0.333 e. The first kappa shape index (κ1) is 21.6. The molecule has 0 spiro atoms. The van der Waals surface area contributed by atoms with Gasteiger partial charge < -0.3 is 30.3 Å². The molecule has 9 heteroatoms. The van der Waals surface area contributed by atoms with Gasteiger partial charge in [0.25, 0.3) is 0 Å². The van der Waals surface area contributed by atoms with E-state index in [4.69, 9.17) is 25.5 Å². The standard InChI is InChI=1S/C8H12O7.C4H10O2/c1-2-15-6(8(13)14)4(7(11)12)3-5(9)10;5-3-1-2-4-6/h4,6H,2-3H2,1H3,(H,9,10)(H,11,12)(H,13,14);5-6H,1-4H2. The van der Waals surface area contributed by atoms with Gasteiger partial charge >= 0.3 is 17.9 Å². The van der Waals surface area contributed by atoms with Crippen molar-refractivity contribution in [2.75, 3.05) is 19.8 Å². The molecule has 2 atom stereocenters. The lowest BCUT2D eigenvalue weighted by Crippen LogP contribution is -2.38. The number of unbranched alkanes of at least 4 members (excludes halogenated alkanes) is 1. The molecular formula is C12H22O9. The maximum Gasteiger partial charge on any atom is 0.333 e. The van der Waals surface area contributed by atoms with Crippen LogP contribution in [0.4, 0.5) is 0 Å². The zero-order valence-electron chi connectivity index (χ0n) is 11.8. The first-order valence-corrected chi connectivity index (χ1v) is 6.32. The molecule has 0 aliphatic carbocycles. The van der Waals surface area contributed by atoms with Crippen molar-refractivity contribution in [1.29, 1.82) is 0 Å². The van der Waals surface area contributed by atoms with Crippen molar-refractivity contribution >= 4 is 17.9 Å². The van der Waals surface area contributed by atoms with E-state index in [1.807, 2.05) is 0 Å². The Bertz CT molecular complexity index is 312. The van der Waals surface area contributed by atoms with Gasteiger partial charge in [0.2, 0.25) is 0 Å². The van der Waals surface area contributed by atoms with Crippen LogP contribution in [0.3, 0.4) is 0 Å². The summed E-state index contributed by atoms with van der Waals surface area (Å²) < 4.78 is 4.68. The Morgan fingerprint density at radius 1 is 0.952 bits per heavy atom. The van der Waals surface area contributed by atoms with Crippen LogP contribution in [-0.4, -0.2) is 69.4 Å². The Kier molecular flexibility index (Phi) is 13.7. The zero-order valence-corrected chi connectivity index (χ0v) is 11.8. The molecule has 0 saturated carbocycles. The second-order valence-electron chi connectivity index (χ2n) is 3.91. The van der Waals surface area contributed by atoms with Crippen LogP contribution in [0, 0.1) is 5.92 Å². The van der Waals surface area contributed by atoms with Crippen LogP contribution < -0.4 is 0 Å². The summed E-state index contributed by atoms with van der Waals surface area (Å²) in [5, 5.41) is 41.9. The number of rotatable bonds is 10. The van der Waals surface area contributed by atoms with Crippen LogP contribution in [0.1, 0.15) is 26.2 Å². The number of carbonyl (C=O) groups is 3. The highest BCUT2D eigenvalue weighted by Gasteiger charge is 2.36. The highest BCUT2D eigenvalue weighted by atomic mass is 16.5. The number of ether oxygens (including phenoxy) is 1. The fourth-order valence-corrected chi connectivity index (χ4v) is 1.27. The molecule has 0 aromatic rings. The van der Waals surface area contributed by atoms with Crippen LogP contribution in [0.2, 0.25) is 0 Å². The number of carboxylic acid groups (broad SMARTS) is 3. The second kappa shape index (κ2) is 13.3. The normalized spacial score (nSPS) is 12.7. The maximum atomic E-state index is 10.6. The summed E-state index contributed by atoms with van der Waals surface area (Å²) in [5.41, 5.74) is 0. The summed E-state index contributed by atoms with van der Waals surface area (Å²) in [6.45, 7) is 1.89. The summed E-state index contributed by atoms with van der Waals surface area (Å²) in [7, 11) is 0. The number of aliphatic hydroxyl groups excluding tert-OH is 2. The molecule has 0 radical (unpaired) electrons. The lowest BCUT2D eigenvalue weighted by Gasteiger charge is -2.18. The van der Waals surface area contributed by atoms with E-state index in [1.165, 1.54) is 6.92 Å². The minimum absolute atomic E-state index is 0.000363. The van der Waals surface area contributed by atoms with E-state index in [1.54, 1.807) is 0 Å². The lowest BCUT2D eigenvalue weighted by atomic mass is 9.98. The van der Waals surface area contributed by atoms with Crippen LogP contribution in [0.25, 0.3) is 0 Å². The van der Waals surface area contributed by atoms with Crippen molar-refractivity contribution in [2.24, 2.45) is 5.92 Å². The van der Waals surface area contributed by atoms with E-state index in [-0.39, 0.29) is 19.8 Å². The molecule has 0 aromatic carbocycles. The molecule has 0 aliphatic heterocycles. The average molecular weight is 310 g/mol. The second-order valence-corrected chi connectivity index (χ2v) is 3.91. The van der Waals surface area contributed by atoms with Crippen molar-refractivity contribution < 1.29 is 44.7 Å². The number of carboxylic acids is 3. The Hall–Kier alpha value is -1.71. The predicted molar refractivity (Wildman–Crippen MR) is 69.8 cm³/mol. The molecule has 21 heavy (non-hydrogen) atoms. The van der Waals surface area contributed by atoms with Crippen LogP contribution >= 0.6 is 0 Å². The Balaban J connectivity index is 0. The van der Waals surface area contributed by atoms with E-state index in [0.29, 0.717) is 0 Å². The molecule has 0 bridgehead atoms. The fourth-order valence-electron chi connectivity index (χ4n) is 1.27. The van der Waals surface area contributed by atoms with Crippen LogP contribution in [0.5, 0.6) is 0 Å². The molecular weight excluding hydrogens is 288 g/mol. The van der Waals surface area contributed by atoms with Crippen molar-refractivity contribution in [3.63, 3.8) is 0 Å². The largest absolute Gasteiger partial charge is 0.481 e. The molecule has 0 rings (SSSR count).